The summed E-state index contributed by atoms with van der Waals surface area (Å²) in [6.45, 7) is 8.84. The number of ether oxygens (including phenoxy) is 2. The molecule has 162 valence electrons. The highest BCUT2D eigenvalue weighted by atomic mass is 16.6. The minimum atomic E-state index is -0.861. The lowest BCUT2D eigenvalue weighted by Crippen LogP contribution is -2.59. The molecule has 7 atom stereocenters. The van der Waals surface area contributed by atoms with Crippen LogP contribution < -0.4 is 10.6 Å². The van der Waals surface area contributed by atoms with Gasteiger partial charge in [-0.15, -0.1) is 0 Å². The Kier molecular flexibility index (Phi) is 6.55. The second-order valence-corrected chi connectivity index (χ2v) is 8.11. The number of ketones is 1. The fraction of sp³-hybridized carbons (Fsp3) is 0.789. The molecule has 29 heavy (non-hydrogen) atoms. The predicted octanol–water partition coefficient (Wildman–Crippen LogP) is -0.385. The summed E-state index contributed by atoms with van der Waals surface area (Å²) in [5.74, 6) is -0.0455. The highest BCUT2D eigenvalue weighted by Crippen LogP contribution is 2.33. The van der Waals surface area contributed by atoms with Crippen molar-refractivity contribution in [2.45, 2.75) is 83.8 Å². The standard InChI is InChI=1S/C19H31N5O5/c1-6-12-14(26)15(28-7-10(4)25)18(29-12)24-8-20-13-11(5)21-19(22-16(13)24)23-17(27)9(2)3/h8-9,11-16,18,26H,6-7H2,1-5H3,(H2,21,22,23,27)/t11?,12-,13?,14?,15+,16?,18-/m1/s1. The molecule has 3 N–H and O–H groups in total. The first-order valence-electron chi connectivity index (χ1n) is 10.1. The molecular weight excluding hydrogens is 378 g/mol. The number of aliphatic hydroxyl groups excluding tert-OH is 1. The fourth-order valence-electron chi connectivity index (χ4n) is 3.71. The second-order valence-electron chi connectivity index (χ2n) is 8.11. The third kappa shape index (κ3) is 4.44. The van der Waals surface area contributed by atoms with Crippen molar-refractivity contribution >= 4 is 24.0 Å². The molecule has 0 bridgehead atoms. The molecule has 0 spiro atoms. The molecule has 3 aliphatic heterocycles. The molecule has 0 aromatic carbocycles. The number of nitrogens with zero attached hydrogens (tertiary/aromatic N) is 3. The van der Waals surface area contributed by atoms with Crippen molar-refractivity contribution in [3.05, 3.63) is 0 Å². The van der Waals surface area contributed by atoms with Crippen molar-refractivity contribution in [3.63, 3.8) is 0 Å². The van der Waals surface area contributed by atoms with Crippen LogP contribution in [0.25, 0.3) is 0 Å². The SMILES string of the molecule is CC[C@H]1O[C@@H](N2C=NC3C(C)NC(NC(=O)C(C)C)=NC32)[C@@H](OCC(C)=O)C1O. The van der Waals surface area contributed by atoms with Gasteiger partial charge < -0.3 is 24.8 Å². The third-order valence-corrected chi connectivity index (χ3v) is 5.38. The van der Waals surface area contributed by atoms with Crippen LogP contribution in [0.5, 0.6) is 0 Å². The number of aliphatic hydroxyl groups is 1. The molecule has 3 rings (SSSR count). The van der Waals surface area contributed by atoms with Crippen LogP contribution in [0.15, 0.2) is 9.98 Å². The number of fused-ring (bicyclic) bond motifs is 1. The highest BCUT2D eigenvalue weighted by molar-refractivity contribution is 5.98. The Morgan fingerprint density at radius 2 is 2.17 bits per heavy atom. The zero-order valence-corrected chi connectivity index (χ0v) is 17.5. The molecule has 0 aromatic rings. The number of aliphatic imine (C=N–C) groups is 2. The minimum Gasteiger partial charge on any atom is -0.388 e. The van der Waals surface area contributed by atoms with Gasteiger partial charge in [-0.25, -0.2) is 4.99 Å². The summed E-state index contributed by atoms with van der Waals surface area (Å²) in [6.07, 6.45) is -0.762. The predicted molar refractivity (Wildman–Crippen MR) is 106 cm³/mol. The molecule has 1 saturated heterocycles. The van der Waals surface area contributed by atoms with Gasteiger partial charge >= 0.3 is 0 Å². The Morgan fingerprint density at radius 3 is 2.79 bits per heavy atom. The first-order chi connectivity index (χ1) is 13.7. The number of carbonyl (C=O) groups excluding carboxylic acids is 2. The summed E-state index contributed by atoms with van der Waals surface area (Å²) in [5.41, 5.74) is 0. The zero-order valence-electron chi connectivity index (χ0n) is 17.5. The second kappa shape index (κ2) is 8.76. The molecular formula is C19H31N5O5. The molecule has 10 nitrogen and oxygen atoms in total. The van der Waals surface area contributed by atoms with Gasteiger partial charge in [0.05, 0.1) is 18.5 Å². The van der Waals surface area contributed by atoms with Crippen LogP contribution in [0.2, 0.25) is 0 Å². The number of hydrogen-bond donors (Lipinski definition) is 3. The van der Waals surface area contributed by atoms with Crippen LogP contribution in [-0.4, -0.2) is 83.4 Å². The molecule has 3 heterocycles. The van der Waals surface area contributed by atoms with Crippen LogP contribution in [0.1, 0.15) is 41.0 Å². The van der Waals surface area contributed by atoms with Gasteiger partial charge in [-0.3, -0.25) is 19.9 Å². The maximum Gasteiger partial charge on any atom is 0.229 e. The summed E-state index contributed by atoms with van der Waals surface area (Å²) in [6, 6.07) is -0.240. The smallest absolute Gasteiger partial charge is 0.229 e. The Balaban J connectivity index is 1.82. The first kappa shape index (κ1) is 21.7. The van der Waals surface area contributed by atoms with E-state index in [2.05, 4.69) is 20.6 Å². The van der Waals surface area contributed by atoms with Gasteiger partial charge in [0, 0.05) is 5.92 Å². The number of guanidine groups is 1. The molecule has 10 heteroatoms. The maximum absolute atomic E-state index is 12.1. The monoisotopic (exact) mass is 409 g/mol. The molecule has 1 fully saturated rings. The van der Waals surface area contributed by atoms with Crippen LogP contribution in [0.4, 0.5) is 0 Å². The van der Waals surface area contributed by atoms with E-state index in [9.17, 15) is 14.7 Å². The van der Waals surface area contributed by atoms with Gasteiger partial charge in [0.25, 0.3) is 0 Å². The van der Waals surface area contributed by atoms with Gasteiger partial charge in [-0.2, -0.15) is 0 Å². The first-order valence-corrected chi connectivity index (χ1v) is 10.1. The number of amides is 1. The maximum atomic E-state index is 12.1. The van der Waals surface area contributed by atoms with E-state index in [1.165, 1.54) is 6.92 Å². The fourth-order valence-corrected chi connectivity index (χ4v) is 3.71. The van der Waals surface area contributed by atoms with Crippen molar-refractivity contribution in [2.24, 2.45) is 15.9 Å². The van der Waals surface area contributed by atoms with Crippen molar-refractivity contribution in [1.29, 1.82) is 0 Å². The molecule has 0 aliphatic carbocycles. The van der Waals surface area contributed by atoms with Gasteiger partial charge in [-0.05, 0) is 20.3 Å². The molecule has 3 aliphatic rings. The van der Waals surface area contributed by atoms with Crippen LogP contribution in [-0.2, 0) is 19.1 Å². The Hall–Kier alpha value is -2.04. The van der Waals surface area contributed by atoms with Crippen molar-refractivity contribution < 1.29 is 24.2 Å². The van der Waals surface area contributed by atoms with E-state index in [4.69, 9.17) is 9.47 Å². The topological polar surface area (TPSA) is 125 Å². The van der Waals surface area contributed by atoms with E-state index in [-0.39, 0.29) is 36.3 Å². The molecule has 0 saturated carbocycles. The summed E-state index contributed by atoms with van der Waals surface area (Å²) in [7, 11) is 0. The Bertz CT molecular complexity index is 696. The molecule has 0 radical (unpaired) electrons. The number of hydrogen-bond acceptors (Lipinski definition) is 9. The van der Waals surface area contributed by atoms with Gasteiger partial charge in [0.1, 0.15) is 24.9 Å². The largest absolute Gasteiger partial charge is 0.388 e. The summed E-state index contributed by atoms with van der Waals surface area (Å²) >= 11 is 0. The van der Waals surface area contributed by atoms with E-state index in [1.807, 2.05) is 32.6 Å². The summed E-state index contributed by atoms with van der Waals surface area (Å²) < 4.78 is 11.8. The normalized spacial score (nSPS) is 36.0. The van der Waals surface area contributed by atoms with E-state index in [0.717, 1.165) is 0 Å². The van der Waals surface area contributed by atoms with Gasteiger partial charge in [0.15, 0.2) is 24.1 Å². The van der Waals surface area contributed by atoms with E-state index < -0.39 is 30.7 Å². The van der Waals surface area contributed by atoms with Crippen LogP contribution in [0.3, 0.4) is 0 Å². The number of Topliss-reactive ketones (excluding diaryl/α,β-unsaturated/α-hetero) is 1. The number of nitrogens with one attached hydrogen (secondary N) is 2. The van der Waals surface area contributed by atoms with Crippen molar-refractivity contribution in [1.82, 2.24) is 15.5 Å². The van der Waals surface area contributed by atoms with Crippen LogP contribution in [0, 0.1) is 5.92 Å². The summed E-state index contributed by atoms with van der Waals surface area (Å²) in [4.78, 5) is 34.5. The van der Waals surface area contributed by atoms with E-state index in [0.29, 0.717) is 12.4 Å². The highest BCUT2D eigenvalue weighted by Gasteiger charge is 2.51. The minimum absolute atomic E-state index is 0.0638. The Morgan fingerprint density at radius 1 is 1.45 bits per heavy atom. The van der Waals surface area contributed by atoms with Gasteiger partial charge in [0.2, 0.25) is 5.91 Å². The number of carbonyl (C=O) groups is 2. The molecule has 1 amide bonds. The van der Waals surface area contributed by atoms with E-state index >= 15 is 0 Å². The molecule has 4 unspecified atom stereocenters. The molecule has 0 aromatic heterocycles. The lowest BCUT2D eigenvalue weighted by Gasteiger charge is -2.37. The summed E-state index contributed by atoms with van der Waals surface area (Å²) in [5, 5.41) is 16.6. The van der Waals surface area contributed by atoms with Gasteiger partial charge in [-0.1, -0.05) is 20.8 Å². The average Bonchev–Trinajstić information content (AvgIpc) is 3.20. The lowest BCUT2D eigenvalue weighted by atomic mass is 10.0. The van der Waals surface area contributed by atoms with E-state index in [1.54, 1.807) is 6.34 Å². The third-order valence-electron chi connectivity index (χ3n) is 5.38. The van der Waals surface area contributed by atoms with Crippen LogP contribution >= 0.6 is 0 Å². The lowest BCUT2D eigenvalue weighted by molar-refractivity contribution is -0.131. The van der Waals surface area contributed by atoms with Crippen molar-refractivity contribution in [3.8, 4) is 0 Å². The Labute approximate surface area is 170 Å². The van der Waals surface area contributed by atoms with Crippen molar-refractivity contribution in [2.75, 3.05) is 6.61 Å². The zero-order chi connectivity index (χ0) is 21.3. The average molecular weight is 409 g/mol. The number of rotatable bonds is 6. The quantitative estimate of drug-likeness (QED) is 0.546.